The van der Waals surface area contributed by atoms with Gasteiger partial charge in [0.1, 0.15) is 11.5 Å². The van der Waals surface area contributed by atoms with Crippen LogP contribution >= 0.6 is 11.6 Å². The average molecular weight is 225 g/mol. The van der Waals surface area contributed by atoms with Crippen molar-refractivity contribution in [2.24, 2.45) is 0 Å². The molecule has 1 amide bonds. The molecule has 0 saturated heterocycles. The molecule has 0 N–H and O–H groups in total. The molecular formula is C9H9ClN4O. The Labute approximate surface area is 92.3 Å². The number of likely N-dealkylation sites (N-methyl/N-ethyl adjacent to an activating group) is 1. The van der Waals surface area contributed by atoms with Crippen molar-refractivity contribution in [1.29, 1.82) is 5.26 Å². The monoisotopic (exact) mass is 224 g/mol. The summed E-state index contributed by atoms with van der Waals surface area (Å²) in [6, 6.07) is 3.30. The molecule has 1 atom stereocenters. The molecule has 0 radical (unpaired) electrons. The van der Waals surface area contributed by atoms with Crippen molar-refractivity contribution >= 4 is 17.5 Å². The molecule has 1 aromatic rings. The van der Waals surface area contributed by atoms with Gasteiger partial charge in [-0.25, -0.2) is 9.97 Å². The smallest absolute Gasteiger partial charge is 0.245 e. The molecule has 0 fully saturated rings. The molecular weight excluding hydrogens is 216 g/mol. The van der Waals surface area contributed by atoms with Crippen LogP contribution in [0.25, 0.3) is 0 Å². The summed E-state index contributed by atoms with van der Waals surface area (Å²) in [6.45, 7) is 0. The lowest BCUT2D eigenvalue weighted by Gasteiger charge is -2.14. The summed E-state index contributed by atoms with van der Waals surface area (Å²) in [4.78, 5) is 20.5. The van der Waals surface area contributed by atoms with E-state index in [9.17, 15) is 4.79 Å². The van der Waals surface area contributed by atoms with Crippen LogP contribution in [0.3, 0.4) is 0 Å². The zero-order chi connectivity index (χ0) is 11.4. The number of aromatic nitrogens is 2. The van der Waals surface area contributed by atoms with E-state index >= 15 is 0 Å². The number of halogens is 1. The highest BCUT2D eigenvalue weighted by atomic mass is 35.5. The third-order valence-corrected chi connectivity index (χ3v) is 1.97. The topological polar surface area (TPSA) is 69.9 Å². The van der Waals surface area contributed by atoms with E-state index in [4.69, 9.17) is 16.9 Å². The first-order valence-corrected chi connectivity index (χ1v) is 4.52. The highest BCUT2D eigenvalue weighted by molar-refractivity contribution is 6.29. The quantitative estimate of drug-likeness (QED) is 0.698. The van der Waals surface area contributed by atoms with Gasteiger partial charge in [0.25, 0.3) is 0 Å². The minimum atomic E-state index is -0.930. The highest BCUT2D eigenvalue weighted by Gasteiger charge is 2.23. The van der Waals surface area contributed by atoms with Gasteiger partial charge in [-0.2, -0.15) is 5.26 Å². The van der Waals surface area contributed by atoms with Crippen molar-refractivity contribution < 1.29 is 4.79 Å². The zero-order valence-electron chi connectivity index (χ0n) is 8.31. The molecule has 15 heavy (non-hydrogen) atoms. The van der Waals surface area contributed by atoms with Crippen LogP contribution in [0.2, 0.25) is 5.15 Å². The SMILES string of the molecule is CN(C)C(=O)[C@H](C#N)c1cc(Cl)ncn1. The lowest BCUT2D eigenvalue weighted by atomic mass is 10.1. The van der Waals surface area contributed by atoms with Gasteiger partial charge in [0.2, 0.25) is 5.91 Å². The maximum absolute atomic E-state index is 11.6. The van der Waals surface area contributed by atoms with E-state index in [0.29, 0.717) is 5.69 Å². The molecule has 1 aromatic heterocycles. The number of rotatable bonds is 2. The van der Waals surface area contributed by atoms with E-state index in [0.717, 1.165) is 0 Å². The summed E-state index contributed by atoms with van der Waals surface area (Å²) >= 11 is 5.64. The molecule has 5 nitrogen and oxygen atoms in total. The number of nitriles is 1. The van der Waals surface area contributed by atoms with Gasteiger partial charge in [-0.05, 0) is 6.07 Å². The second kappa shape index (κ2) is 4.71. The Bertz CT molecular complexity index is 413. The van der Waals surface area contributed by atoms with E-state index < -0.39 is 5.92 Å². The van der Waals surface area contributed by atoms with Gasteiger partial charge in [-0.3, -0.25) is 4.79 Å². The van der Waals surface area contributed by atoms with Crippen molar-refractivity contribution in [2.75, 3.05) is 14.1 Å². The molecule has 1 rings (SSSR count). The number of hydrogen-bond donors (Lipinski definition) is 0. The molecule has 0 bridgehead atoms. The van der Waals surface area contributed by atoms with Crippen LogP contribution in [-0.4, -0.2) is 34.9 Å². The van der Waals surface area contributed by atoms with Crippen LogP contribution < -0.4 is 0 Å². The van der Waals surface area contributed by atoms with Crippen LogP contribution in [0.15, 0.2) is 12.4 Å². The second-order valence-electron chi connectivity index (χ2n) is 3.06. The first kappa shape index (κ1) is 11.4. The second-order valence-corrected chi connectivity index (χ2v) is 3.45. The van der Waals surface area contributed by atoms with Gasteiger partial charge in [0.15, 0.2) is 5.92 Å². The van der Waals surface area contributed by atoms with E-state index in [2.05, 4.69) is 9.97 Å². The normalized spacial score (nSPS) is 11.6. The van der Waals surface area contributed by atoms with Crippen LogP contribution in [0, 0.1) is 11.3 Å². The van der Waals surface area contributed by atoms with Crippen LogP contribution in [0.1, 0.15) is 11.6 Å². The number of hydrogen-bond acceptors (Lipinski definition) is 4. The first-order valence-electron chi connectivity index (χ1n) is 4.14. The third kappa shape index (κ3) is 2.64. The predicted octanol–water partition coefficient (Wildman–Crippen LogP) is 0.825. The minimum Gasteiger partial charge on any atom is -0.347 e. The van der Waals surface area contributed by atoms with Crippen molar-refractivity contribution in [2.45, 2.75) is 5.92 Å². The van der Waals surface area contributed by atoms with Gasteiger partial charge in [-0.15, -0.1) is 0 Å². The summed E-state index contributed by atoms with van der Waals surface area (Å²) in [6.07, 6.45) is 1.23. The number of amides is 1. The third-order valence-electron chi connectivity index (χ3n) is 1.77. The number of carbonyl (C=O) groups excluding carboxylic acids is 1. The molecule has 0 spiro atoms. The summed E-state index contributed by atoms with van der Waals surface area (Å²) < 4.78 is 0. The van der Waals surface area contributed by atoms with Crippen LogP contribution in [-0.2, 0) is 4.79 Å². The minimum absolute atomic E-state index is 0.215. The number of carbonyl (C=O) groups is 1. The molecule has 0 aliphatic rings. The van der Waals surface area contributed by atoms with Crippen molar-refractivity contribution in [1.82, 2.24) is 14.9 Å². The maximum Gasteiger partial charge on any atom is 0.245 e. The molecule has 6 heteroatoms. The fraction of sp³-hybridized carbons (Fsp3) is 0.333. The Balaban J connectivity index is 3.04. The largest absolute Gasteiger partial charge is 0.347 e. The molecule has 0 saturated carbocycles. The summed E-state index contributed by atoms with van der Waals surface area (Å²) in [7, 11) is 3.16. The average Bonchev–Trinajstić information content (AvgIpc) is 2.18. The Morgan fingerprint density at radius 3 is 2.73 bits per heavy atom. The van der Waals surface area contributed by atoms with E-state index in [1.54, 1.807) is 14.1 Å². The molecule has 0 aliphatic carbocycles. The van der Waals surface area contributed by atoms with Crippen LogP contribution in [0.4, 0.5) is 0 Å². The molecule has 78 valence electrons. The Morgan fingerprint density at radius 1 is 1.60 bits per heavy atom. The van der Waals surface area contributed by atoms with Crippen molar-refractivity contribution in [3.8, 4) is 6.07 Å². The molecule has 0 unspecified atom stereocenters. The van der Waals surface area contributed by atoms with Gasteiger partial charge < -0.3 is 4.90 Å². The summed E-state index contributed by atoms with van der Waals surface area (Å²) in [5.41, 5.74) is 0.316. The molecule has 0 aromatic carbocycles. The summed E-state index contributed by atoms with van der Waals surface area (Å²) in [5.74, 6) is -1.26. The van der Waals surface area contributed by atoms with E-state index in [1.807, 2.05) is 6.07 Å². The summed E-state index contributed by atoms with van der Waals surface area (Å²) in [5, 5.41) is 9.10. The van der Waals surface area contributed by atoms with Gasteiger partial charge in [0, 0.05) is 14.1 Å². The van der Waals surface area contributed by atoms with Crippen molar-refractivity contribution in [3.63, 3.8) is 0 Å². The van der Waals surface area contributed by atoms with Gasteiger partial charge in [-0.1, -0.05) is 11.6 Å². The Kier molecular flexibility index (Phi) is 3.58. The number of nitrogens with zero attached hydrogens (tertiary/aromatic N) is 4. The zero-order valence-corrected chi connectivity index (χ0v) is 9.06. The predicted molar refractivity (Wildman–Crippen MR) is 54.1 cm³/mol. The van der Waals surface area contributed by atoms with E-state index in [1.165, 1.54) is 17.3 Å². The molecule has 1 heterocycles. The maximum atomic E-state index is 11.6. The van der Waals surface area contributed by atoms with Gasteiger partial charge in [0.05, 0.1) is 11.8 Å². The van der Waals surface area contributed by atoms with Gasteiger partial charge >= 0.3 is 0 Å². The Morgan fingerprint density at radius 2 is 2.27 bits per heavy atom. The lowest BCUT2D eigenvalue weighted by molar-refractivity contribution is -0.129. The lowest BCUT2D eigenvalue weighted by Crippen LogP contribution is -2.28. The molecule has 0 aliphatic heterocycles. The first-order chi connectivity index (χ1) is 7.06. The van der Waals surface area contributed by atoms with Crippen molar-refractivity contribution in [3.05, 3.63) is 23.2 Å². The van der Waals surface area contributed by atoms with Crippen LogP contribution in [0.5, 0.6) is 0 Å². The Hall–Kier alpha value is -1.67. The fourth-order valence-electron chi connectivity index (χ4n) is 1.01. The fourth-order valence-corrected chi connectivity index (χ4v) is 1.17. The highest BCUT2D eigenvalue weighted by Crippen LogP contribution is 2.16. The van der Waals surface area contributed by atoms with E-state index in [-0.39, 0.29) is 11.1 Å². The standard InChI is InChI=1S/C9H9ClN4O/c1-14(2)9(15)6(4-11)7-3-8(10)13-5-12-7/h3,5-6H,1-2H3/t6-/m1/s1.